The molecule has 1 aromatic heterocycles. The average molecular weight is 251 g/mol. The van der Waals surface area contributed by atoms with E-state index in [1.54, 1.807) is 0 Å². The molecule has 1 heterocycles. The van der Waals surface area contributed by atoms with E-state index in [4.69, 9.17) is 5.73 Å². The second-order valence-corrected chi connectivity index (χ2v) is 5.44. The molecule has 0 aliphatic heterocycles. The molecule has 18 heavy (non-hydrogen) atoms. The molecule has 0 saturated heterocycles. The molecule has 0 aliphatic rings. The fourth-order valence-corrected chi connectivity index (χ4v) is 2.55. The molecule has 0 aliphatic carbocycles. The lowest BCUT2D eigenvalue weighted by molar-refractivity contribution is 0.246. The first-order chi connectivity index (χ1) is 8.60. The summed E-state index contributed by atoms with van der Waals surface area (Å²) < 4.78 is 2.03. The predicted octanol–water partition coefficient (Wildman–Crippen LogP) is 3.07. The summed E-state index contributed by atoms with van der Waals surface area (Å²) in [5.41, 5.74) is 8.84. The van der Waals surface area contributed by atoms with Crippen molar-refractivity contribution < 1.29 is 0 Å². The summed E-state index contributed by atoms with van der Waals surface area (Å²) >= 11 is 0. The summed E-state index contributed by atoms with van der Waals surface area (Å²) in [4.78, 5) is 0. The molecule has 0 radical (unpaired) electrons. The number of hydrogen-bond acceptors (Lipinski definition) is 2. The molecule has 0 fully saturated rings. The molecule has 2 N–H and O–H groups in total. The van der Waals surface area contributed by atoms with Crippen molar-refractivity contribution in [3.63, 3.8) is 0 Å². The van der Waals surface area contributed by atoms with Crippen LogP contribution >= 0.6 is 0 Å². The van der Waals surface area contributed by atoms with E-state index in [1.165, 1.54) is 30.7 Å². The zero-order chi connectivity index (χ0) is 13.6. The first-order valence-electron chi connectivity index (χ1n) is 7.32. The van der Waals surface area contributed by atoms with Crippen LogP contribution in [0.25, 0.3) is 0 Å². The van der Waals surface area contributed by atoms with Gasteiger partial charge in [-0.25, -0.2) is 0 Å². The van der Waals surface area contributed by atoms with Gasteiger partial charge < -0.3 is 5.73 Å². The smallest absolute Gasteiger partial charge is 0.0624 e. The van der Waals surface area contributed by atoms with Crippen LogP contribution in [0, 0.1) is 5.41 Å². The molecular weight excluding hydrogens is 222 g/mol. The van der Waals surface area contributed by atoms with E-state index >= 15 is 0 Å². The minimum absolute atomic E-state index is 0.259. The number of rotatable bonds is 8. The molecule has 1 aromatic rings. The van der Waals surface area contributed by atoms with Crippen LogP contribution in [0.4, 0.5) is 0 Å². The highest BCUT2D eigenvalue weighted by molar-refractivity contribution is 5.12. The second-order valence-electron chi connectivity index (χ2n) is 5.44. The number of hydrogen-bond donors (Lipinski definition) is 1. The number of nitrogens with two attached hydrogens (primary N) is 1. The van der Waals surface area contributed by atoms with Crippen molar-refractivity contribution in [1.29, 1.82) is 0 Å². The van der Waals surface area contributed by atoms with Crippen LogP contribution in [0.2, 0.25) is 0 Å². The first kappa shape index (κ1) is 15.2. The van der Waals surface area contributed by atoms with Gasteiger partial charge in [-0.1, -0.05) is 33.6 Å². The summed E-state index contributed by atoms with van der Waals surface area (Å²) in [7, 11) is 2.05. The number of aromatic nitrogens is 2. The minimum Gasteiger partial charge on any atom is -0.330 e. The van der Waals surface area contributed by atoms with Crippen molar-refractivity contribution in [2.24, 2.45) is 18.2 Å². The Bertz CT molecular complexity index is 351. The topological polar surface area (TPSA) is 43.8 Å². The molecule has 1 rings (SSSR count). The van der Waals surface area contributed by atoms with Gasteiger partial charge in [0.15, 0.2) is 0 Å². The van der Waals surface area contributed by atoms with E-state index < -0.39 is 0 Å². The average Bonchev–Trinajstić information content (AvgIpc) is 2.75. The highest BCUT2D eigenvalue weighted by Gasteiger charge is 2.27. The minimum atomic E-state index is 0.259. The van der Waals surface area contributed by atoms with E-state index in [9.17, 15) is 0 Å². The molecular formula is C15H29N3. The van der Waals surface area contributed by atoms with Crippen molar-refractivity contribution >= 4 is 0 Å². The Hall–Kier alpha value is -0.830. The summed E-state index contributed by atoms with van der Waals surface area (Å²) in [6.07, 6.45) is 6.95. The lowest BCUT2D eigenvalue weighted by Gasteiger charge is -2.31. The maximum absolute atomic E-state index is 6.07. The van der Waals surface area contributed by atoms with Gasteiger partial charge in [0.2, 0.25) is 0 Å². The lowest BCUT2D eigenvalue weighted by atomic mass is 9.76. The maximum Gasteiger partial charge on any atom is 0.0624 e. The highest BCUT2D eigenvalue weighted by Crippen LogP contribution is 2.32. The Morgan fingerprint density at radius 1 is 1.33 bits per heavy atom. The van der Waals surface area contributed by atoms with E-state index in [0.717, 1.165) is 25.8 Å². The van der Waals surface area contributed by atoms with Crippen molar-refractivity contribution in [2.75, 3.05) is 6.54 Å². The van der Waals surface area contributed by atoms with Gasteiger partial charge in [-0.2, -0.15) is 5.10 Å². The van der Waals surface area contributed by atoms with E-state index in [2.05, 4.69) is 31.9 Å². The van der Waals surface area contributed by atoms with Gasteiger partial charge in [-0.05, 0) is 43.7 Å². The molecule has 104 valence electrons. The predicted molar refractivity (Wildman–Crippen MR) is 77.6 cm³/mol. The zero-order valence-electron chi connectivity index (χ0n) is 12.5. The number of unbranched alkanes of at least 4 members (excludes halogenated alkanes) is 1. The third-order valence-corrected chi connectivity index (χ3v) is 4.19. The molecule has 0 aromatic carbocycles. The normalized spacial score (nSPS) is 14.7. The second kappa shape index (κ2) is 6.93. The third-order valence-electron chi connectivity index (χ3n) is 4.19. The third kappa shape index (κ3) is 3.58. The maximum atomic E-state index is 6.07. The van der Waals surface area contributed by atoms with Crippen molar-refractivity contribution in [3.05, 3.63) is 17.5 Å². The molecule has 1 atom stereocenters. The lowest BCUT2D eigenvalue weighted by Crippen LogP contribution is -2.33. The van der Waals surface area contributed by atoms with Crippen LogP contribution in [0.3, 0.4) is 0 Å². The molecule has 0 saturated carbocycles. The quantitative estimate of drug-likeness (QED) is 0.771. The largest absolute Gasteiger partial charge is 0.330 e. The zero-order valence-corrected chi connectivity index (χ0v) is 12.5. The summed E-state index contributed by atoms with van der Waals surface area (Å²) in [5, 5.41) is 4.54. The molecule has 0 bridgehead atoms. The fraction of sp³-hybridized carbons (Fsp3) is 0.800. The van der Waals surface area contributed by atoms with Crippen LogP contribution in [-0.2, 0) is 19.9 Å². The number of nitrogens with zero attached hydrogens (tertiary/aromatic N) is 2. The van der Waals surface area contributed by atoms with Gasteiger partial charge in [0, 0.05) is 12.7 Å². The Balaban J connectivity index is 2.84. The summed E-state index contributed by atoms with van der Waals surface area (Å²) in [5.74, 6) is 0. The number of aryl methyl sites for hydroxylation is 2. The SMILES string of the molecule is CCCCC(CC)(CN)Cc1cc(CC)nn1C. The summed E-state index contributed by atoms with van der Waals surface area (Å²) in [6.45, 7) is 7.44. The standard InChI is InChI=1S/C15H29N3/c1-5-8-9-15(7-3,12-16)11-14-10-13(6-2)17-18(14)4/h10H,5-9,11-12,16H2,1-4H3. The Morgan fingerprint density at radius 3 is 2.50 bits per heavy atom. The van der Waals surface area contributed by atoms with Crippen LogP contribution in [-0.4, -0.2) is 16.3 Å². The molecule has 3 nitrogen and oxygen atoms in total. The first-order valence-corrected chi connectivity index (χ1v) is 7.32. The van der Waals surface area contributed by atoms with Gasteiger partial charge in [0.05, 0.1) is 5.69 Å². The van der Waals surface area contributed by atoms with Crippen molar-refractivity contribution in [2.45, 2.75) is 59.3 Å². The Labute approximate surface area is 112 Å². The van der Waals surface area contributed by atoms with Gasteiger partial charge in [-0.3, -0.25) is 4.68 Å². The summed E-state index contributed by atoms with van der Waals surface area (Å²) in [6, 6.07) is 2.24. The molecule has 1 unspecified atom stereocenters. The molecule has 3 heteroatoms. The van der Waals surface area contributed by atoms with Gasteiger partial charge in [0.1, 0.15) is 0 Å². The van der Waals surface area contributed by atoms with Crippen LogP contribution in [0.5, 0.6) is 0 Å². The van der Waals surface area contributed by atoms with Crippen LogP contribution in [0.1, 0.15) is 57.8 Å². The van der Waals surface area contributed by atoms with E-state index in [0.29, 0.717) is 0 Å². The van der Waals surface area contributed by atoms with Crippen LogP contribution in [0.15, 0.2) is 6.07 Å². The Morgan fingerprint density at radius 2 is 2.06 bits per heavy atom. The van der Waals surface area contributed by atoms with Crippen molar-refractivity contribution in [3.8, 4) is 0 Å². The Kier molecular flexibility index (Phi) is 5.86. The van der Waals surface area contributed by atoms with Gasteiger partial charge in [-0.15, -0.1) is 0 Å². The van der Waals surface area contributed by atoms with E-state index in [1.807, 2.05) is 11.7 Å². The monoisotopic (exact) mass is 251 g/mol. The molecule has 0 amide bonds. The van der Waals surface area contributed by atoms with Crippen LogP contribution < -0.4 is 5.73 Å². The van der Waals surface area contributed by atoms with Crippen molar-refractivity contribution in [1.82, 2.24) is 9.78 Å². The fourth-order valence-electron chi connectivity index (χ4n) is 2.55. The highest BCUT2D eigenvalue weighted by atomic mass is 15.3. The van der Waals surface area contributed by atoms with Gasteiger partial charge in [0.25, 0.3) is 0 Å². The van der Waals surface area contributed by atoms with E-state index in [-0.39, 0.29) is 5.41 Å². The van der Waals surface area contributed by atoms with Gasteiger partial charge >= 0.3 is 0 Å². The molecule has 0 spiro atoms.